The van der Waals surface area contributed by atoms with Gasteiger partial charge in [0.05, 0.1) is 0 Å². The van der Waals surface area contributed by atoms with Crippen LogP contribution in [0, 0.1) is 24.4 Å². The summed E-state index contributed by atoms with van der Waals surface area (Å²) in [5.41, 5.74) is 4.77. The van der Waals surface area contributed by atoms with Gasteiger partial charge in [0.2, 0.25) is 0 Å². The summed E-state index contributed by atoms with van der Waals surface area (Å²) in [7, 11) is -0.537. The summed E-state index contributed by atoms with van der Waals surface area (Å²) in [6.45, 7) is 3.94. The zero-order valence-corrected chi connectivity index (χ0v) is 13.8. The molecule has 0 aliphatic heterocycles. The molecule has 0 aliphatic rings. The maximum Gasteiger partial charge on any atom is 0.123 e. The van der Waals surface area contributed by atoms with Gasteiger partial charge in [0.25, 0.3) is 0 Å². The normalized spacial score (nSPS) is 10.9. The summed E-state index contributed by atoms with van der Waals surface area (Å²) < 4.78 is 41.2. The van der Waals surface area contributed by atoms with Crippen LogP contribution in [0.25, 0.3) is 22.3 Å². The van der Waals surface area contributed by atoms with E-state index in [1.165, 1.54) is 36.4 Å². The van der Waals surface area contributed by atoms with Gasteiger partial charge in [-0.3, -0.25) is 0 Å². The molecule has 0 spiro atoms. The van der Waals surface area contributed by atoms with Gasteiger partial charge in [-0.1, -0.05) is 29.8 Å². The predicted octanol–water partition coefficient (Wildman–Crippen LogP) is 4.59. The van der Waals surface area contributed by atoms with E-state index in [0.717, 1.165) is 27.7 Å². The minimum atomic E-state index is -0.537. The lowest BCUT2D eigenvalue weighted by Gasteiger charge is -2.18. The van der Waals surface area contributed by atoms with Crippen molar-refractivity contribution in [1.29, 1.82) is 0 Å². The molecule has 0 atom stereocenters. The first-order valence-corrected chi connectivity index (χ1v) is 8.28. The van der Waals surface area contributed by atoms with Gasteiger partial charge in [0, 0.05) is 0 Å². The van der Waals surface area contributed by atoms with E-state index in [0.29, 0.717) is 5.56 Å². The quantitative estimate of drug-likeness (QED) is 0.618. The molecule has 0 unspecified atom stereocenters. The summed E-state index contributed by atoms with van der Waals surface area (Å²) >= 11 is 0. The van der Waals surface area contributed by atoms with Crippen LogP contribution in [-0.2, 0) is 0 Å². The maximum absolute atomic E-state index is 13.9. The van der Waals surface area contributed by atoms with E-state index in [4.69, 9.17) is 0 Å². The second-order valence-electron chi connectivity index (χ2n) is 6.11. The molecule has 0 saturated heterocycles. The molecule has 3 rings (SSSR count). The highest BCUT2D eigenvalue weighted by molar-refractivity contribution is 6.54. The number of benzene rings is 3. The van der Waals surface area contributed by atoms with Crippen LogP contribution in [0.5, 0.6) is 0 Å². The van der Waals surface area contributed by atoms with Crippen molar-refractivity contribution in [2.45, 2.75) is 13.7 Å². The Kier molecular flexibility index (Phi) is 4.47. The number of halogens is 3. The van der Waals surface area contributed by atoms with Gasteiger partial charge in [-0.25, -0.2) is 18.6 Å². The average molecular weight is 325 g/mol. The highest BCUT2D eigenvalue weighted by Gasteiger charge is 2.13. The molecule has 0 saturated carbocycles. The summed E-state index contributed by atoms with van der Waals surface area (Å²) in [6, 6.07) is 13.6. The first-order valence-electron chi connectivity index (χ1n) is 8.28. The van der Waals surface area contributed by atoms with E-state index in [9.17, 15) is 13.2 Å². The van der Waals surface area contributed by atoms with Crippen LogP contribution >= 0.6 is 0 Å². The Morgan fingerprint density at radius 2 is 1.17 bits per heavy atom. The molecule has 24 heavy (non-hydrogen) atoms. The molecule has 3 aromatic carbocycles. The smallest absolute Gasteiger partial charge is 0.123 e. The number of aryl methyl sites for hydroxylation is 1. The fraction of sp³-hybridized carbons (Fsp3) is 0.100. The zero-order chi connectivity index (χ0) is 17.3. The first kappa shape index (κ1) is 16.4. The Morgan fingerprint density at radius 1 is 0.625 bits per heavy atom. The first-order chi connectivity index (χ1) is 11.5. The Bertz CT molecular complexity index is 903. The van der Waals surface area contributed by atoms with Crippen LogP contribution in [0.2, 0.25) is 6.82 Å². The van der Waals surface area contributed by atoms with Crippen LogP contribution in [0.4, 0.5) is 13.2 Å². The highest BCUT2D eigenvalue weighted by atomic mass is 19.1. The number of hydrogen-bond donors (Lipinski definition) is 0. The molecular weight excluding hydrogens is 308 g/mol. The molecule has 0 aromatic heterocycles. The lowest BCUT2D eigenvalue weighted by molar-refractivity contribution is 0.627. The van der Waals surface area contributed by atoms with Gasteiger partial charge in [0.1, 0.15) is 17.5 Å². The van der Waals surface area contributed by atoms with Crippen molar-refractivity contribution in [2.75, 3.05) is 0 Å². The van der Waals surface area contributed by atoms with E-state index in [-0.39, 0.29) is 17.5 Å². The largest absolute Gasteiger partial charge is 0.207 e. The fourth-order valence-electron chi connectivity index (χ4n) is 3.20. The van der Waals surface area contributed by atoms with Gasteiger partial charge < -0.3 is 0 Å². The molecule has 0 nitrogen and oxygen atoms in total. The molecule has 0 amide bonds. The lowest BCUT2D eigenvalue weighted by Crippen LogP contribution is -2.15. The average Bonchev–Trinajstić information content (AvgIpc) is 2.57. The molecule has 0 heterocycles. The van der Waals surface area contributed by atoms with Gasteiger partial charge in [-0.05, 0) is 66.8 Å². The molecule has 0 radical (unpaired) electrons. The molecular formula is C20H17BF3-. The topological polar surface area (TPSA) is 0 Å². The third kappa shape index (κ3) is 3.09. The van der Waals surface area contributed by atoms with Crippen molar-refractivity contribution < 1.29 is 13.2 Å². The van der Waals surface area contributed by atoms with Crippen LogP contribution in [0.3, 0.4) is 0 Å². The third-order valence-corrected chi connectivity index (χ3v) is 4.49. The number of hydrogen-bond acceptors (Lipinski definition) is 0. The second kappa shape index (κ2) is 6.56. The predicted molar refractivity (Wildman–Crippen MR) is 96.0 cm³/mol. The molecule has 0 bridgehead atoms. The molecule has 0 fully saturated rings. The minimum Gasteiger partial charge on any atom is -0.207 e. The van der Waals surface area contributed by atoms with Crippen molar-refractivity contribution in [3.8, 4) is 22.3 Å². The minimum absolute atomic E-state index is 0.292. The van der Waals surface area contributed by atoms with Crippen LogP contribution in [-0.4, -0.2) is 7.28 Å². The van der Waals surface area contributed by atoms with Crippen molar-refractivity contribution in [1.82, 2.24) is 0 Å². The Labute approximate surface area is 140 Å². The summed E-state index contributed by atoms with van der Waals surface area (Å²) in [5, 5.41) is 0. The maximum atomic E-state index is 13.9. The molecule has 122 valence electrons. The summed E-state index contributed by atoms with van der Waals surface area (Å²) in [5.74, 6) is -0.998. The van der Waals surface area contributed by atoms with Crippen molar-refractivity contribution >= 4 is 12.7 Å². The van der Waals surface area contributed by atoms with Crippen molar-refractivity contribution in [3.05, 3.63) is 77.6 Å². The van der Waals surface area contributed by atoms with E-state index in [1.807, 2.05) is 13.7 Å². The monoisotopic (exact) mass is 325 g/mol. The Morgan fingerprint density at radius 3 is 1.83 bits per heavy atom. The van der Waals surface area contributed by atoms with Crippen molar-refractivity contribution in [3.63, 3.8) is 0 Å². The van der Waals surface area contributed by atoms with E-state index in [2.05, 4.69) is 0 Å². The molecule has 3 aromatic rings. The second-order valence-corrected chi connectivity index (χ2v) is 6.11. The molecule has 0 aliphatic carbocycles. The third-order valence-electron chi connectivity index (χ3n) is 4.49. The SMILES string of the molecule is C[BH2-]c1cc(F)ccc1-c1cc(F)ccc1-c1cc(F)ccc1C. The molecule has 4 heteroatoms. The van der Waals surface area contributed by atoms with Crippen LogP contribution in [0.15, 0.2) is 54.6 Å². The van der Waals surface area contributed by atoms with E-state index < -0.39 is 7.28 Å². The van der Waals surface area contributed by atoms with Gasteiger partial charge in [-0.2, -0.15) is 6.82 Å². The number of rotatable bonds is 3. The lowest BCUT2D eigenvalue weighted by atomic mass is 9.69. The summed E-state index contributed by atoms with van der Waals surface area (Å²) in [6.07, 6.45) is 0. The standard InChI is InChI=1S/C20H17BF3/c1-12-3-4-13(22)9-18(12)16-7-5-14(23)10-19(16)17-8-6-15(24)11-20(17)21-2/h3-11H,21H2,1-2H3/q-1. The van der Waals surface area contributed by atoms with E-state index >= 15 is 0 Å². The van der Waals surface area contributed by atoms with Crippen molar-refractivity contribution in [2.24, 2.45) is 0 Å². The highest BCUT2D eigenvalue weighted by Crippen LogP contribution is 2.34. The van der Waals surface area contributed by atoms with Gasteiger partial charge in [0.15, 0.2) is 0 Å². The Hall–Kier alpha value is -2.49. The zero-order valence-electron chi connectivity index (χ0n) is 13.8. The van der Waals surface area contributed by atoms with Crippen LogP contribution in [0.1, 0.15) is 5.56 Å². The Balaban J connectivity index is 2.30. The van der Waals surface area contributed by atoms with Gasteiger partial charge in [-0.15, -0.1) is 0 Å². The van der Waals surface area contributed by atoms with Gasteiger partial charge >= 0.3 is 0 Å². The fourth-order valence-corrected chi connectivity index (χ4v) is 3.20. The van der Waals surface area contributed by atoms with Crippen LogP contribution < -0.4 is 5.46 Å². The summed E-state index contributed by atoms with van der Waals surface area (Å²) in [4.78, 5) is 0. The molecule has 0 N–H and O–H groups in total. The van der Waals surface area contributed by atoms with E-state index in [1.54, 1.807) is 18.2 Å².